The Labute approximate surface area is 83.1 Å². The monoisotopic (exact) mass is 188 g/mol. The van der Waals surface area contributed by atoms with Crippen LogP contribution in [0.3, 0.4) is 0 Å². The van der Waals surface area contributed by atoms with Crippen molar-refractivity contribution in [1.29, 1.82) is 0 Å². The standard InChI is InChI=1S/C12H12O2/c1-13-11-5-2-4-10(8-11)9-12-6-3-7-14-12/h2-8H,9H2,1H3. The summed E-state index contributed by atoms with van der Waals surface area (Å²) in [6, 6.07) is 11.9. The number of benzene rings is 1. The fourth-order valence-electron chi connectivity index (χ4n) is 1.40. The first kappa shape index (κ1) is 8.88. The molecule has 1 aromatic heterocycles. The van der Waals surface area contributed by atoms with Crippen molar-refractivity contribution in [3.8, 4) is 5.75 Å². The quantitative estimate of drug-likeness (QED) is 0.739. The fraction of sp³-hybridized carbons (Fsp3) is 0.167. The zero-order valence-electron chi connectivity index (χ0n) is 8.07. The number of rotatable bonds is 3. The molecule has 0 N–H and O–H groups in total. The van der Waals surface area contributed by atoms with Crippen molar-refractivity contribution in [2.45, 2.75) is 6.42 Å². The smallest absolute Gasteiger partial charge is 0.119 e. The van der Waals surface area contributed by atoms with Crippen molar-refractivity contribution >= 4 is 0 Å². The molecule has 0 bridgehead atoms. The zero-order chi connectivity index (χ0) is 9.80. The van der Waals surface area contributed by atoms with Crippen molar-refractivity contribution in [1.82, 2.24) is 0 Å². The maximum Gasteiger partial charge on any atom is 0.119 e. The molecule has 0 atom stereocenters. The summed E-state index contributed by atoms with van der Waals surface area (Å²) >= 11 is 0. The number of furan rings is 1. The third-order valence-corrected chi connectivity index (χ3v) is 2.09. The summed E-state index contributed by atoms with van der Waals surface area (Å²) in [4.78, 5) is 0. The molecule has 0 aliphatic heterocycles. The topological polar surface area (TPSA) is 22.4 Å². The maximum absolute atomic E-state index is 5.27. The molecule has 1 heterocycles. The minimum Gasteiger partial charge on any atom is -0.497 e. The number of hydrogen-bond donors (Lipinski definition) is 0. The first-order valence-corrected chi connectivity index (χ1v) is 4.54. The molecular formula is C12H12O2. The maximum atomic E-state index is 5.27. The van der Waals surface area contributed by atoms with Crippen molar-refractivity contribution in [3.63, 3.8) is 0 Å². The Balaban J connectivity index is 2.17. The second-order valence-electron chi connectivity index (χ2n) is 3.11. The molecule has 2 rings (SSSR count). The molecule has 2 nitrogen and oxygen atoms in total. The lowest BCUT2D eigenvalue weighted by Gasteiger charge is -2.02. The van der Waals surface area contributed by atoms with Gasteiger partial charge in [-0.25, -0.2) is 0 Å². The van der Waals surface area contributed by atoms with Gasteiger partial charge >= 0.3 is 0 Å². The molecule has 0 amide bonds. The lowest BCUT2D eigenvalue weighted by molar-refractivity contribution is 0.414. The van der Waals surface area contributed by atoms with E-state index < -0.39 is 0 Å². The Bertz CT molecular complexity index is 390. The van der Waals surface area contributed by atoms with Crippen LogP contribution in [0.5, 0.6) is 5.75 Å². The van der Waals surface area contributed by atoms with Gasteiger partial charge in [-0.1, -0.05) is 12.1 Å². The lowest BCUT2D eigenvalue weighted by atomic mass is 10.1. The second kappa shape index (κ2) is 4.01. The fourth-order valence-corrected chi connectivity index (χ4v) is 1.40. The van der Waals surface area contributed by atoms with E-state index in [-0.39, 0.29) is 0 Å². The van der Waals surface area contributed by atoms with E-state index in [1.54, 1.807) is 13.4 Å². The molecule has 0 radical (unpaired) electrons. The van der Waals surface area contributed by atoms with Gasteiger partial charge in [0.25, 0.3) is 0 Å². The van der Waals surface area contributed by atoms with E-state index in [1.807, 2.05) is 30.3 Å². The molecule has 14 heavy (non-hydrogen) atoms. The van der Waals surface area contributed by atoms with Crippen molar-refractivity contribution in [3.05, 3.63) is 54.0 Å². The highest BCUT2D eigenvalue weighted by molar-refractivity contribution is 5.30. The van der Waals surface area contributed by atoms with Gasteiger partial charge in [0.1, 0.15) is 11.5 Å². The number of ether oxygens (including phenoxy) is 1. The molecule has 0 aliphatic carbocycles. The van der Waals surface area contributed by atoms with Gasteiger partial charge in [-0.15, -0.1) is 0 Å². The average Bonchev–Trinajstić information content (AvgIpc) is 2.71. The predicted molar refractivity (Wildman–Crippen MR) is 54.5 cm³/mol. The zero-order valence-corrected chi connectivity index (χ0v) is 8.07. The number of methoxy groups -OCH3 is 1. The summed E-state index contributed by atoms with van der Waals surface area (Å²) in [5, 5.41) is 0. The van der Waals surface area contributed by atoms with Gasteiger partial charge in [0.15, 0.2) is 0 Å². The summed E-state index contributed by atoms with van der Waals surface area (Å²) in [7, 11) is 1.67. The molecule has 0 aliphatic rings. The van der Waals surface area contributed by atoms with E-state index in [1.165, 1.54) is 5.56 Å². The summed E-state index contributed by atoms with van der Waals surface area (Å²) in [6.07, 6.45) is 2.50. The number of hydrogen-bond acceptors (Lipinski definition) is 2. The van der Waals surface area contributed by atoms with E-state index in [0.29, 0.717) is 0 Å². The van der Waals surface area contributed by atoms with Gasteiger partial charge in [0, 0.05) is 6.42 Å². The normalized spacial score (nSPS) is 10.1. The minimum absolute atomic E-state index is 0.810. The van der Waals surface area contributed by atoms with Crippen LogP contribution in [0.4, 0.5) is 0 Å². The van der Waals surface area contributed by atoms with Crippen LogP contribution in [0.15, 0.2) is 47.1 Å². The first-order chi connectivity index (χ1) is 6.88. The SMILES string of the molecule is COc1cccc(Cc2ccco2)c1. The van der Waals surface area contributed by atoms with E-state index in [9.17, 15) is 0 Å². The highest BCUT2D eigenvalue weighted by Crippen LogP contribution is 2.16. The van der Waals surface area contributed by atoms with E-state index in [0.717, 1.165) is 17.9 Å². The summed E-state index contributed by atoms with van der Waals surface area (Å²) in [5.74, 6) is 1.85. The van der Waals surface area contributed by atoms with Gasteiger partial charge in [-0.3, -0.25) is 0 Å². The Hall–Kier alpha value is -1.70. The molecule has 0 fully saturated rings. The lowest BCUT2D eigenvalue weighted by Crippen LogP contribution is -1.87. The molecule has 0 unspecified atom stereocenters. The van der Waals surface area contributed by atoms with Crippen molar-refractivity contribution < 1.29 is 9.15 Å². The molecule has 0 saturated heterocycles. The van der Waals surface area contributed by atoms with Crippen LogP contribution in [0.1, 0.15) is 11.3 Å². The van der Waals surface area contributed by atoms with Crippen LogP contribution in [0.2, 0.25) is 0 Å². The molecule has 72 valence electrons. The van der Waals surface area contributed by atoms with Gasteiger partial charge in [0.05, 0.1) is 13.4 Å². The van der Waals surface area contributed by atoms with Crippen LogP contribution in [0, 0.1) is 0 Å². The Morgan fingerprint density at radius 1 is 1.21 bits per heavy atom. The largest absolute Gasteiger partial charge is 0.497 e. The van der Waals surface area contributed by atoms with Gasteiger partial charge in [-0.05, 0) is 29.8 Å². The predicted octanol–water partition coefficient (Wildman–Crippen LogP) is 2.88. The molecular weight excluding hydrogens is 176 g/mol. The molecule has 2 aromatic rings. The second-order valence-corrected chi connectivity index (χ2v) is 3.11. The van der Waals surface area contributed by atoms with Crippen molar-refractivity contribution in [2.75, 3.05) is 7.11 Å². The Kier molecular flexibility index (Phi) is 2.54. The van der Waals surface area contributed by atoms with Crippen LogP contribution in [-0.2, 0) is 6.42 Å². The highest BCUT2D eigenvalue weighted by Gasteiger charge is 1.99. The summed E-state index contributed by atoms with van der Waals surface area (Å²) < 4.78 is 10.4. The molecule has 1 aromatic carbocycles. The molecule has 2 heteroatoms. The third kappa shape index (κ3) is 1.96. The van der Waals surface area contributed by atoms with Gasteiger partial charge < -0.3 is 9.15 Å². The summed E-state index contributed by atoms with van der Waals surface area (Å²) in [6.45, 7) is 0. The van der Waals surface area contributed by atoms with Gasteiger partial charge in [-0.2, -0.15) is 0 Å². The Morgan fingerprint density at radius 3 is 2.86 bits per heavy atom. The van der Waals surface area contributed by atoms with Crippen LogP contribution >= 0.6 is 0 Å². The van der Waals surface area contributed by atoms with Gasteiger partial charge in [0.2, 0.25) is 0 Å². The first-order valence-electron chi connectivity index (χ1n) is 4.54. The third-order valence-electron chi connectivity index (χ3n) is 2.09. The minimum atomic E-state index is 0.810. The Morgan fingerprint density at radius 2 is 2.14 bits per heavy atom. The van der Waals surface area contributed by atoms with Crippen molar-refractivity contribution in [2.24, 2.45) is 0 Å². The van der Waals surface area contributed by atoms with Crippen LogP contribution in [-0.4, -0.2) is 7.11 Å². The average molecular weight is 188 g/mol. The van der Waals surface area contributed by atoms with E-state index >= 15 is 0 Å². The molecule has 0 spiro atoms. The van der Waals surface area contributed by atoms with Crippen LogP contribution in [0.25, 0.3) is 0 Å². The van der Waals surface area contributed by atoms with Crippen LogP contribution < -0.4 is 4.74 Å². The molecule has 0 saturated carbocycles. The van der Waals surface area contributed by atoms with E-state index in [2.05, 4.69) is 6.07 Å². The highest BCUT2D eigenvalue weighted by atomic mass is 16.5. The summed E-state index contributed by atoms with van der Waals surface area (Å²) in [5.41, 5.74) is 1.19. The van der Waals surface area contributed by atoms with E-state index in [4.69, 9.17) is 9.15 Å².